The largest absolute Gasteiger partial charge is 0.398 e. The van der Waals surface area contributed by atoms with Gasteiger partial charge in [-0.3, -0.25) is 10.1 Å². The summed E-state index contributed by atoms with van der Waals surface area (Å²) in [5.41, 5.74) is 14.5. The van der Waals surface area contributed by atoms with Gasteiger partial charge in [0, 0.05) is 31.5 Å². The van der Waals surface area contributed by atoms with Crippen molar-refractivity contribution in [2.24, 2.45) is 0 Å². The molecule has 0 aliphatic heterocycles. The van der Waals surface area contributed by atoms with Gasteiger partial charge in [-0.15, -0.1) is 0 Å². The van der Waals surface area contributed by atoms with E-state index in [1.165, 1.54) is 12.1 Å². The molecule has 0 saturated heterocycles. The SMILES string of the molecule is CN(C)c1ccc(C=Cc2cc(N)c([N+](=O)[O-])cc2N)cc1. The second-order valence-corrected chi connectivity index (χ2v) is 5.12. The van der Waals surface area contributed by atoms with Crippen molar-refractivity contribution in [3.63, 3.8) is 0 Å². The lowest BCUT2D eigenvalue weighted by Crippen LogP contribution is -2.07. The van der Waals surface area contributed by atoms with Crippen LogP contribution < -0.4 is 16.4 Å². The molecular formula is C16H18N4O2. The minimum atomic E-state index is -0.542. The maximum absolute atomic E-state index is 10.8. The predicted octanol–water partition coefficient (Wildman–Crippen LogP) is 3.00. The van der Waals surface area contributed by atoms with Crippen molar-refractivity contribution < 1.29 is 4.92 Å². The van der Waals surface area contributed by atoms with Crippen molar-refractivity contribution in [1.29, 1.82) is 0 Å². The van der Waals surface area contributed by atoms with Crippen LogP contribution >= 0.6 is 0 Å². The van der Waals surface area contributed by atoms with Gasteiger partial charge in [0.25, 0.3) is 5.69 Å². The van der Waals surface area contributed by atoms with Crippen LogP contribution in [0.3, 0.4) is 0 Å². The summed E-state index contributed by atoms with van der Waals surface area (Å²) in [6.07, 6.45) is 3.68. The summed E-state index contributed by atoms with van der Waals surface area (Å²) in [5.74, 6) is 0. The molecule has 0 heterocycles. The predicted molar refractivity (Wildman–Crippen MR) is 91.6 cm³/mol. The highest BCUT2D eigenvalue weighted by atomic mass is 16.6. The Kier molecular flexibility index (Phi) is 4.31. The van der Waals surface area contributed by atoms with E-state index in [-0.39, 0.29) is 11.4 Å². The van der Waals surface area contributed by atoms with E-state index < -0.39 is 4.92 Å². The first kappa shape index (κ1) is 15.4. The fraction of sp³-hybridized carbons (Fsp3) is 0.125. The molecule has 6 heteroatoms. The Hall–Kier alpha value is -3.02. The van der Waals surface area contributed by atoms with E-state index in [1.807, 2.05) is 49.3 Å². The van der Waals surface area contributed by atoms with Crippen LogP contribution in [0.25, 0.3) is 12.2 Å². The van der Waals surface area contributed by atoms with E-state index >= 15 is 0 Å². The molecule has 2 rings (SSSR count). The van der Waals surface area contributed by atoms with Crippen LogP contribution in [0.2, 0.25) is 0 Å². The van der Waals surface area contributed by atoms with Gasteiger partial charge in [0.05, 0.1) is 4.92 Å². The van der Waals surface area contributed by atoms with Gasteiger partial charge in [-0.2, -0.15) is 0 Å². The molecule has 0 saturated carbocycles. The second-order valence-electron chi connectivity index (χ2n) is 5.12. The van der Waals surface area contributed by atoms with Gasteiger partial charge in [0.15, 0.2) is 0 Å². The van der Waals surface area contributed by atoms with Gasteiger partial charge >= 0.3 is 0 Å². The van der Waals surface area contributed by atoms with E-state index in [4.69, 9.17) is 11.5 Å². The minimum absolute atomic E-state index is 0.0989. The molecule has 4 N–H and O–H groups in total. The normalized spacial score (nSPS) is 10.8. The maximum atomic E-state index is 10.8. The Bertz CT molecular complexity index is 722. The first-order chi connectivity index (χ1) is 10.4. The highest BCUT2D eigenvalue weighted by Gasteiger charge is 2.13. The van der Waals surface area contributed by atoms with Crippen LogP contribution in [0.5, 0.6) is 0 Å². The van der Waals surface area contributed by atoms with Crippen LogP contribution in [0.15, 0.2) is 36.4 Å². The molecule has 2 aromatic rings. The highest BCUT2D eigenvalue weighted by Crippen LogP contribution is 2.28. The average Bonchev–Trinajstić information content (AvgIpc) is 2.47. The Balaban J connectivity index is 2.26. The molecule has 6 nitrogen and oxygen atoms in total. The summed E-state index contributed by atoms with van der Waals surface area (Å²) >= 11 is 0. The van der Waals surface area contributed by atoms with Crippen LogP contribution in [0, 0.1) is 10.1 Å². The van der Waals surface area contributed by atoms with Gasteiger partial charge in [-0.25, -0.2) is 0 Å². The molecule has 0 spiro atoms. The third-order valence-electron chi connectivity index (χ3n) is 3.29. The summed E-state index contributed by atoms with van der Waals surface area (Å²) in [4.78, 5) is 12.3. The Morgan fingerprint density at radius 3 is 2.23 bits per heavy atom. The summed E-state index contributed by atoms with van der Waals surface area (Å²) in [6, 6.07) is 10.8. The summed E-state index contributed by atoms with van der Waals surface area (Å²) < 4.78 is 0. The lowest BCUT2D eigenvalue weighted by atomic mass is 10.1. The lowest BCUT2D eigenvalue weighted by molar-refractivity contribution is -0.383. The molecule has 0 fully saturated rings. The highest BCUT2D eigenvalue weighted by molar-refractivity contribution is 5.81. The molecule has 0 aliphatic rings. The Morgan fingerprint density at radius 1 is 1.05 bits per heavy atom. The summed E-state index contributed by atoms with van der Waals surface area (Å²) in [5, 5.41) is 10.8. The number of hydrogen-bond acceptors (Lipinski definition) is 5. The molecule has 0 unspecified atom stereocenters. The number of nitrogen functional groups attached to an aromatic ring is 2. The Labute approximate surface area is 128 Å². The number of nitrogens with two attached hydrogens (primary N) is 2. The van der Waals surface area contributed by atoms with Crippen molar-refractivity contribution in [2.75, 3.05) is 30.5 Å². The molecule has 0 aromatic heterocycles. The molecule has 114 valence electrons. The zero-order chi connectivity index (χ0) is 16.3. The molecule has 2 aromatic carbocycles. The average molecular weight is 298 g/mol. The van der Waals surface area contributed by atoms with Gasteiger partial charge < -0.3 is 16.4 Å². The van der Waals surface area contributed by atoms with E-state index in [0.717, 1.165) is 11.3 Å². The molecular weight excluding hydrogens is 280 g/mol. The van der Waals surface area contributed by atoms with Gasteiger partial charge in [-0.1, -0.05) is 24.3 Å². The van der Waals surface area contributed by atoms with Crippen molar-refractivity contribution in [3.8, 4) is 0 Å². The number of benzene rings is 2. The summed E-state index contributed by atoms with van der Waals surface area (Å²) in [6.45, 7) is 0. The van der Waals surface area contributed by atoms with E-state index in [2.05, 4.69) is 0 Å². The third-order valence-corrected chi connectivity index (χ3v) is 3.29. The number of anilines is 3. The first-order valence-electron chi connectivity index (χ1n) is 6.67. The van der Waals surface area contributed by atoms with Crippen molar-refractivity contribution in [3.05, 3.63) is 57.6 Å². The molecule has 0 radical (unpaired) electrons. The smallest absolute Gasteiger partial charge is 0.294 e. The van der Waals surface area contributed by atoms with E-state index in [0.29, 0.717) is 11.3 Å². The second kappa shape index (κ2) is 6.17. The number of rotatable bonds is 4. The fourth-order valence-corrected chi connectivity index (χ4v) is 2.01. The lowest BCUT2D eigenvalue weighted by Gasteiger charge is -2.11. The fourth-order valence-electron chi connectivity index (χ4n) is 2.01. The Morgan fingerprint density at radius 2 is 1.68 bits per heavy atom. The topological polar surface area (TPSA) is 98.4 Å². The van der Waals surface area contributed by atoms with Crippen LogP contribution in [-0.4, -0.2) is 19.0 Å². The van der Waals surface area contributed by atoms with Crippen molar-refractivity contribution in [1.82, 2.24) is 0 Å². The van der Waals surface area contributed by atoms with Crippen molar-refractivity contribution >= 4 is 34.9 Å². The van der Waals surface area contributed by atoms with Gasteiger partial charge in [0.2, 0.25) is 0 Å². The third kappa shape index (κ3) is 3.35. The zero-order valence-corrected chi connectivity index (χ0v) is 12.5. The molecule has 0 aliphatic carbocycles. The zero-order valence-electron chi connectivity index (χ0n) is 12.5. The minimum Gasteiger partial charge on any atom is -0.398 e. The summed E-state index contributed by atoms with van der Waals surface area (Å²) in [7, 11) is 3.95. The number of hydrogen-bond donors (Lipinski definition) is 2. The van der Waals surface area contributed by atoms with Crippen molar-refractivity contribution in [2.45, 2.75) is 0 Å². The molecule has 0 bridgehead atoms. The standard InChI is InChI=1S/C16H18N4O2/c1-19(2)13-7-4-11(5-8-13)3-6-12-9-15(18)16(20(21)22)10-14(12)17/h3-10H,17-18H2,1-2H3. The first-order valence-corrected chi connectivity index (χ1v) is 6.67. The van der Waals surface area contributed by atoms with Gasteiger partial charge in [-0.05, 0) is 29.3 Å². The number of nitro benzene ring substituents is 1. The maximum Gasteiger partial charge on any atom is 0.294 e. The monoisotopic (exact) mass is 298 g/mol. The van der Waals surface area contributed by atoms with Crippen LogP contribution in [0.1, 0.15) is 11.1 Å². The molecule has 22 heavy (non-hydrogen) atoms. The number of nitro groups is 1. The number of nitrogens with zero attached hydrogens (tertiary/aromatic N) is 2. The van der Waals surface area contributed by atoms with Crippen LogP contribution in [-0.2, 0) is 0 Å². The molecule has 0 atom stereocenters. The quantitative estimate of drug-likeness (QED) is 0.391. The van der Waals surface area contributed by atoms with E-state index in [1.54, 1.807) is 6.08 Å². The molecule has 0 amide bonds. The van der Waals surface area contributed by atoms with Gasteiger partial charge in [0.1, 0.15) is 5.69 Å². The van der Waals surface area contributed by atoms with E-state index in [9.17, 15) is 10.1 Å². The van der Waals surface area contributed by atoms with Crippen LogP contribution in [0.4, 0.5) is 22.7 Å².